The van der Waals surface area contributed by atoms with Gasteiger partial charge in [0.1, 0.15) is 5.21 Å². The molecule has 95 valence electrons. The first-order valence-electron chi connectivity index (χ1n) is 5.06. The van der Waals surface area contributed by atoms with Crippen LogP contribution < -0.4 is 4.72 Å². The molecule has 0 amide bonds. The normalized spacial score (nSPS) is 29.5. The van der Waals surface area contributed by atoms with Crippen molar-refractivity contribution >= 4 is 21.6 Å². The zero-order valence-corrected chi connectivity index (χ0v) is 11.5. The number of hydroxylamine groups is 2. The fourth-order valence-corrected chi connectivity index (χ4v) is 3.25. The van der Waals surface area contributed by atoms with Crippen molar-refractivity contribution in [2.75, 3.05) is 5.21 Å². The summed E-state index contributed by atoms with van der Waals surface area (Å²) in [6.07, 6.45) is 0.472. The number of nitrogens with zero attached hydrogens (tertiary/aromatic N) is 1. The van der Waals surface area contributed by atoms with E-state index in [4.69, 9.17) is 11.6 Å². The van der Waals surface area contributed by atoms with E-state index in [1.54, 1.807) is 27.7 Å². The molecular weight excluding hydrogens is 252 g/mol. The highest BCUT2D eigenvalue weighted by molar-refractivity contribution is 7.90. The van der Waals surface area contributed by atoms with E-state index >= 15 is 0 Å². The van der Waals surface area contributed by atoms with Gasteiger partial charge >= 0.3 is 0 Å². The van der Waals surface area contributed by atoms with Gasteiger partial charge in [-0.3, -0.25) is 0 Å². The fraction of sp³-hybridized carbons (Fsp3) is 1.00. The number of nitrogens with one attached hydrogen (secondary N) is 1. The molecule has 1 atom stereocenters. The van der Waals surface area contributed by atoms with Gasteiger partial charge in [0.15, 0.2) is 0 Å². The Bertz CT molecular complexity index is 367. The summed E-state index contributed by atoms with van der Waals surface area (Å²) in [4.78, 5) is 0. The standard InChI is InChI=1S/C9H18ClN2O3S/c1-8(2)5-7(9(3,4)12(8)13)11-16(14,15)6-10/h7,11H,5-6H2,1-4H3. The molecule has 0 aromatic rings. The van der Waals surface area contributed by atoms with E-state index in [0.29, 0.717) is 6.42 Å². The van der Waals surface area contributed by atoms with Crippen LogP contribution in [-0.4, -0.2) is 35.8 Å². The molecular formula is C9H18ClN2O3S. The highest BCUT2D eigenvalue weighted by Crippen LogP contribution is 2.39. The van der Waals surface area contributed by atoms with Gasteiger partial charge in [-0.2, -0.15) is 0 Å². The van der Waals surface area contributed by atoms with Gasteiger partial charge in [0.25, 0.3) is 0 Å². The lowest BCUT2D eigenvalue weighted by Gasteiger charge is -2.33. The molecule has 1 unspecified atom stereocenters. The van der Waals surface area contributed by atoms with Crippen LogP contribution in [0.25, 0.3) is 0 Å². The maximum atomic E-state index is 12.0. The zero-order chi connectivity index (χ0) is 12.8. The summed E-state index contributed by atoms with van der Waals surface area (Å²) in [5, 5.41) is 12.5. The smallest absolute Gasteiger partial charge is 0.211 e. The van der Waals surface area contributed by atoms with Gasteiger partial charge in [0.05, 0.1) is 5.54 Å². The summed E-state index contributed by atoms with van der Waals surface area (Å²) < 4.78 is 25.3. The van der Waals surface area contributed by atoms with E-state index in [2.05, 4.69) is 4.72 Å². The van der Waals surface area contributed by atoms with Crippen LogP contribution in [0.4, 0.5) is 0 Å². The first-order chi connectivity index (χ1) is 7.03. The monoisotopic (exact) mass is 269 g/mol. The van der Waals surface area contributed by atoms with Crippen molar-refractivity contribution in [1.82, 2.24) is 9.79 Å². The second kappa shape index (κ2) is 4.10. The van der Waals surface area contributed by atoms with Crippen LogP contribution in [0, 0.1) is 0 Å². The Morgan fingerprint density at radius 2 is 1.88 bits per heavy atom. The Morgan fingerprint density at radius 3 is 2.19 bits per heavy atom. The highest BCUT2D eigenvalue weighted by atomic mass is 35.5. The molecule has 1 saturated heterocycles. The van der Waals surface area contributed by atoms with E-state index in [0.717, 1.165) is 5.06 Å². The highest BCUT2D eigenvalue weighted by Gasteiger charge is 2.53. The van der Waals surface area contributed by atoms with Crippen LogP contribution in [0.15, 0.2) is 0 Å². The van der Waals surface area contributed by atoms with Crippen molar-refractivity contribution in [2.45, 2.75) is 51.2 Å². The molecule has 1 N–H and O–H groups in total. The Hall–Kier alpha value is 0.120. The van der Waals surface area contributed by atoms with Crippen molar-refractivity contribution in [2.24, 2.45) is 0 Å². The third-order valence-electron chi connectivity index (χ3n) is 3.10. The molecule has 0 saturated carbocycles. The van der Waals surface area contributed by atoms with Crippen LogP contribution in [0.3, 0.4) is 0 Å². The van der Waals surface area contributed by atoms with Gasteiger partial charge in [0.2, 0.25) is 10.0 Å². The van der Waals surface area contributed by atoms with Crippen LogP contribution in [0.5, 0.6) is 0 Å². The van der Waals surface area contributed by atoms with Gasteiger partial charge in [0, 0.05) is 11.6 Å². The Balaban J connectivity index is 2.93. The van der Waals surface area contributed by atoms with Crippen molar-refractivity contribution < 1.29 is 13.6 Å². The Kier molecular flexibility index (Phi) is 3.63. The van der Waals surface area contributed by atoms with E-state index in [9.17, 15) is 13.6 Å². The van der Waals surface area contributed by atoms with E-state index in [1.165, 1.54) is 0 Å². The summed E-state index contributed by atoms with van der Waals surface area (Å²) in [6, 6.07) is -0.413. The minimum atomic E-state index is -3.50. The molecule has 5 nitrogen and oxygen atoms in total. The van der Waals surface area contributed by atoms with Crippen molar-refractivity contribution in [3.8, 4) is 0 Å². The molecule has 1 aliphatic heterocycles. The van der Waals surface area contributed by atoms with Gasteiger partial charge in [-0.25, -0.2) is 13.1 Å². The topological polar surface area (TPSA) is 69.3 Å². The SMILES string of the molecule is CC1(C)CC(NS(=O)(=O)CCl)C(C)(C)N1[O]. The number of halogens is 1. The lowest BCUT2D eigenvalue weighted by molar-refractivity contribution is -0.245. The Labute approximate surface area is 102 Å². The number of hydrogen-bond donors (Lipinski definition) is 1. The molecule has 1 rings (SSSR count). The third kappa shape index (κ3) is 2.51. The van der Waals surface area contributed by atoms with Gasteiger partial charge < -0.3 is 0 Å². The van der Waals surface area contributed by atoms with Crippen molar-refractivity contribution in [1.29, 1.82) is 0 Å². The van der Waals surface area contributed by atoms with Gasteiger partial charge in [-0.05, 0) is 34.1 Å². The largest absolute Gasteiger partial charge is 0.225 e. The molecule has 1 heterocycles. The number of rotatable bonds is 3. The molecule has 0 aliphatic carbocycles. The fourth-order valence-electron chi connectivity index (χ4n) is 2.19. The first kappa shape index (κ1) is 14.2. The molecule has 0 spiro atoms. The summed E-state index contributed by atoms with van der Waals surface area (Å²) in [5.74, 6) is 0. The van der Waals surface area contributed by atoms with Crippen LogP contribution in [-0.2, 0) is 15.2 Å². The summed E-state index contributed by atoms with van der Waals surface area (Å²) in [6.45, 7) is 7.07. The quantitative estimate of drug-likeness (QED) is 0.780. The van der Waals surface area contributed by atoms with E-state index in [1.807, 2.05) is 0 Å². The second-order valence-electron chi connectivity index (χ2n) is 5.36. The van der Waals surface area contributed by atoms with Crippen molar-refractivity contribution in [3.05, 3.63) is 0 Å². The number of sulfonamides is 1. The summed E-state index contributed by atoms with van der Waals surface area (Å²) >= 11 is 5.33. The van der Waals surface area contributed by atoms with Crippen LogP contribution in [0.2, 0.25) is 0 Å². The average Bonchev–Trinajstić information content (AvgIpc) is 2.27. The van der Waals surface area contributed by atoms with Crippen LogP contribution >= 0.6 is 11.6 Å². The summed E-state index contributed by atoms with van der Waals surface area (Å²) in [7, 11) is -3.50. The van der Waals surface area contributed by atoms with E-state index in [-0.39, 0.29) is 0 Å². The minimum Gasteiger partial charge on any atom is -0.211 e. The molecule has 1 aliphatic rings. The molecule has 0 aromatic carbocycles. The third-order valence-corrected chi connectivity index (χ3v) is 4.89. The zero-order valence-electron chi connectivity index (χ0n) is 9.95. The van der Waals surface area contributed by atoms with Crippen molar-refractivity contribution in [3.63, 3.8) is 0 Å². The van der Waals surface area contributed by atoms with E-state index < -0.39 is 32.4 Å². The molecule has 0 aromatic heterocycles. The summed E-state index contributed by atoms with van der Waals surface area (Å²) in [5.41, 5.74) is -1.33. The molecule has 1 radical (unpaired) electrons. The van der Waals surface area contributed by atoms with Crippen LogP contribution in [0.1, 0.15) is 34.1 Å². The number of alkyl halides is 1. The molecule has 0 bridgehead atoms. The predicted octanol–water partition coefficient (Wildman–Crippen LogP) is 1.08. The van der Waals surface area contributed by atoms with Gasteiger partial charge in [-0.1, -0.05) is 0 Å². The lowest BCUT2D eigenvalue weighted by atomic mass is 9.95. The van der Waals surface area contributed by atoms with Gasteiger partial charge in [-0.15, -0.1) is 21.9 Å². The molecule has 7 heteroatoms. The Morgan fingerprint density at radius 1 is 1.38 bits per heavy atom. The average molecular weight is 270 g/mol. The molecule has 1 fully saturated rings. The first-order valence-corrected chi connectivity index (χ1v) is 7.25. The number of hydrogen-bond acceptors (Lipinski definition) is 3. The second-order valence-corrected chi connectivity index (χ2v) is 7.70. The minimum absolute atomic E-state index is 0.413. The molecule has 16 heavy (non-hydrogen) atoms. The maximum Gasteiger partial charge on any atom is 0.225 e. The maximum absolute atomic E-state index is 12.0. The predicted molar refractivity (Wildman–Crippen MR) is 61.9 cm³/mol. The lowest BCUT2D eigenvalue weighted by Crippen LogP contribution is -2.52.